The summed E-state index contributed by atoms with van der Waals surface area (Å²) in [5.41, 5.74) is 1.66. The Balaban J connectivity index is 1.95. The Bertz CT molecular complexity index is 725. The van der Waals surface area contributed by atoms with E-state index in [2.05, 4.69) is 20.4 Å². The fraction of sp³-hybridized carbons (Fsp3) is 0.200. The minimum Gasteiger partial charge on any atom is -0.460 e. The number of amides is 2. The monoisotopic (exact) mass is 333 g/mol. The number of urea groups is 1. The summed E-state index contributed by atoms with van der Waals surface area (Å²) in [6.07, 6.45) is 0. The molecular formula is C15H15N3O4S. The standard InChI is InChI=1S/C15H15N3O4S/c1-3-22-13(20)12(19)11-8-23-15(17-11)18-14(21)16-10-6-4-9(2)5-7-10/h4-8H,3H2,1-2H3,(H2,16,17,18,21). The van der Waals surface area contributed by atoms with Crippen LogP contribution in [-0.2, 0) is 9.53 Å². The molecule has 0 aliphatic heterocycles. The van der Waals surface area contributed by atoms with Crippen LogP contribution in [0, 0.1) is 6.92 Å². The molecule has 8 heteroatoms. The number of esters is 1. The van der Waals surface area contributed by atoms with Crippen LogP contribution in [0.5, 0.6) is 0 Å². The fourth-order valence-electron chi connectivity index (χ4n) is 1.63. The summed E-state index contributed by atoms with van der Waals surface area (Å²) in [5, 5.41) is 6.74. The van der Waals surface area contributed by atoms with E-state index in [0.29, 0.717) is 5.69 Å². The second kappa shape index (κ2) is 7.50. The van der Waals surface area contributed by atoms with Crippen LogP contribution in [0.2, 0.25) is 0 Å². The summed E-state index contributed by atoms with van der Waals surface area (Å²) in [6, 6.07) is 6.79. The van der Waals surface area contributed by atoms with E-state index >= 15 is 0 Å². The minimum absolute atomic E-state index is 0.0564. The van der Waals surface area contributed by atoms with Crippen LogP contribution in [0.1, 0.15) is 23.0 Å². The highest BCUT2D eigenvalue weighted by atomic mass is 32.1. The molecule has 2 aromatic rings. The quantitative estimate of drug-likeness (QED) is 0.498. The van der Waals surface area contributed by atoms with Gasteiger partial charge >= 0.3 is 12.0 Å². The van der Waals surface area contributed by atoms with Gasteiger partial charge in [0.2, 0.25) is 0 Å². The topological polar surface area (TPSA) is 97.4 Å². The van der Waals surface area contributed by atoms with Gasteiger partial charge in [-0.3, -0.25) is 10.1 Å². The molecule has 0 saturated carbocycles. The number of anilines is 2. The number of rotatable bonds is 5. The van der Waals surface area contributed by atoms with Crippen molar-refractivity contribution in [1.82, 2.24) is 4.98 Å². The maximum atomic E-state index is 11.9. The van der Waals surface area contributed by atoms with Crippen molar-refractivity contribution in [2.24, 2.45) is 0 Å². The maximum absolute atomic E-state index is 11.9. The van der Waals surface area contributed by atoms with Gasteiger partial charge in [0, 0.05) is 11.1 Å². The van der Waals surface area contributed by atoms with Crippen LogP contribution < -0.4 is 10.6 Å². The van der Waals surface area contributed by atoms with E-state index in [9.17, 15) is 14.4 Å². The number of nitrogens with one attached hydrogen (secondary N) is 2. The van der Waals surface area contributed by atoms with Crippen molar-refractivity contribution >= 4 is 39.9 Å². The fourth-order valence-corrected chi connectivity index (χ4v) is 2.32. The van der Waals surface area contributed by atoms with Gasteiger partial charge in [0.1, 0.15) is 5.69 Å². The lowest BCUT2D eigenvalue weighted by Gasteiger charge is -2.05. The van der Waals surface area contributed by atoms with Crippen molar-refractivity contribution in [3.05, 3.63) is 40.9 Å². The summed E-state index contributed by atoms with van der Waals surface area (Å²) in [7, 11) is 0. The van der Waals surface area contributed by atoms with Crippen LogP contribution in [-0.4, -0.2) is 29.4 Å². The molecule has 120 valence electrons. The Morgan fingerprint density at radius 3 is 2.52 bits per heavy atom. The van der Waals surface area contributed by atoms with Gasteiger partial charge in [0.05, 0.1) is 6.61 Å². The SMILES string of the molecule is CCOC(=O)C(=O)c1csc(NC(=O)Nc2ccc(C)cc2)n1. The molecule has 1 aromatic heterocycles. The molecule has 0 atom stereocenters. The Morgan fingerprint density at radius 2 is 1.87 bits per heavy atom. The molecule has 1 aromatic carbocycles. The summed E-state index contributed by atoms with van der Waals surface area (Å²) in [4.78, 5) is 38.8. The van der Waals surface area contributed by atoms with Gasteiger partial charge in [-0.15, -0.1) is 11.3 Å². The number of ether oxygens (including phenoxy) is 1. The zero-order valence-corrected chi connectivity index (χ0v) is 13.4. The molecule has 7 nitrogen and oxygen atoms in total. The van der Waals surface area contributed by atoms with E-state index in [1.807, 2.05) is 19.1 Å². The van der Waals surface area contributed by atoms with E-state index in [4.69, 9.17) is 0 Å². The molecule has 0 fully saturated rings. The molecule has 0 aliphatic rings. The highest BCUT2D eigenvalue weighted by Crippen LogP contribution is 2.17. The normalized spacial score (nSPS) is 10.0. The second-order valence-corrected chi connectivity index (χ2v) is 5.39. The van der Waals surface area contributed by atoms with Crippen molar-refractivity contribution in [3.8, 4) is 0 Å². The first kappa shape index (κ1) is 16.6. The largest absolute Gasteiger partial charge is 0.460 e. The first-order chi connectivity index (χ1) is 11.0. The van der Waals surface area contributed by atoms with Crippen LogP contribution >= 0.6 is 11.3 Å². The number of aryl methyl sites for hydroxylation is 1. The Morgan fingerprint density at radius 1 is 1.17 bits per heavy atom. The number of Topliss-reactive ketones (excluding diaryl/α,β-unsaturated/α-hetero) is 1. The highest BCUT2D eigenvalue weighted by Gasteiger charge is 2.21. The first-order valence-corrected chi connectivity index (χ1v) is 7.69. The molecule has 0 radical (unpaired) electrons. The molecule has 0 saturated heterocycles. The number of aromatic nitrogens is 1. The lowest BCUT2D eigenvalue weighted by molar-refractivity contribution is -0.137. The third-order valence-electron chi connectivity index (χ3n) is 2.73. The smallest absolute Gasteiger partial charge is 0.381 e. The lowest BCUT2D eigenvalue weighted by Crippen LogP contribution is -2.20. The Kier molecular flexibility index (Phi) is 5.42. The second-order valence-electron chi connectivity index (χ2n) is 4.53. The van der Waals surface area contributed by atoms with Crippen molar-refractivity contribution in [2.45, 2.75) is 13.8 Å². The number of hydrogen-bond acceptors (Lipinski definition) is 6. The van der Waals surface area contributed by atoms with Crippen molar-refractivity contribution in [1.29, 1.82) is 0 Å². The Labute approximate surface area is 136 Å². The molecule has 2 amide bonds. The predicted molar refractivity (Wildman–Crippen MR) is 86.9 cm³/mol. The van der Waals surface area contributed by atoms with Crippen molar-refractivity contribution < 1.29 is 19.1 Å². The molecule has 0 bridgehead atoms. The van der Waals surface area contributed by atoms with Gasteiger partial charge in [-0.05, 0) is 26.0 Å². The van der Waals surface area contributed by atoms with Crippen LogP contribution in [0.15, 0.2) is 29.6 Å². The average molecular weight is 333 g/mol. The number of nitrogens with zero attached hydrogens (tertiary/aromatic N) is 1. The zero-order valence-electron chi connectivity index (χ0n) is 12.6. The summed E-state index contributed by atoms with van der Waals surface area (Å²) < 4.78 is 4.61. The zero-order chi connectivity index (χ0) is 16.8. The third-order valence-corrected chi connectivity index (χ3v) is 3.49. The number of carbonyl (C=O) groups excluding carboxylic acids is 3. The molecule has 23 heavy (non-hydrogen) atoms. The Hall–Kier alpha value is -2.74. The summed E-state index contributed by atoms with van der Waals surface area (Å²) in [6.45, 7) is 3.66. The maximum Gasteiger partial charge on any atom is 0.381 e. The molecule has 0 spiro atoms. The lowest BCUT2D eigenvalue weighted by atomic mass is 10.2. The number of carbonyl (C=O) groups is 3. The molecule has 2 rings (SSSR count). The number of hydrogen-bond donors (Lipinski definition) is 2. The van der Waals surface area contributed by atoms with Crippen LogP contribution in [0.25, 0.3) is 0 Å². The first-order valence-electron chi connectivity index (χ1n) is 6.81. The summed E-state index contributed by atoms with van der Waals surface area (Å²) >= 11 is 1.04. The number of benzene rings is 1. The van der Waals surface area contributed by atoms with Gasteiger partial charge in [0.25, 0.3) is 5.78 Å². The number of thiazole rings is 1. The van der Waals surface area contributed by atoms with Gasteiger partial charge in [-0.2, -0.15) is 0 Å². The van der Waals surface area contributed by atoms with Crippen LogP contribution in [0.4, 0.5) is 15.6 Å². The van der Waals surface area contributed by atoms with E-state index in [1.165, 1.54) is 5.38 Å². The van der Waals surface area contributed by atoms with E-state index in [1.54, 1.807) is 19.1 Å². The summed E-state index contributed by atoms with van der Waals surface area (Å²) in [5.74, 6) is -1.80. The molecule has 0 unspecified atom stereocenters. The van der Waals surface area contributed by atoms with Gasteiger partial charge in [-0.25, -0.2) is 14.6 Å². The van der Waals surface area contributed by atoms with Gasteiger partial charge < -0.3 is 10.1 Å². The van der Waals surface area contributed by atoms with Crippen molar-refractivity contribution in [3.63, 3.8) is 0 Å². The van der Waals surface area contributed by atoms with Crippen LogP contribution in [0.3, 0.4) is 0 Å². The molecule has 2 N–H and O–H groups in total. The molecule has 1 heterocycles. The van der Waals surface area contributed by atoms with E-state index in [0.717, 1.165) is 16.9 Å². The van der Waals surface area contributed by atoms with E-state index < -0.39 is 17.8 Å². The molecule has 0 aliphatic carbocycles. The predicted octanol–water partition coefficient (Wildman–Crippen LogP) is 2.84. The van der Waals surface area contributed by atoms with Gasteiger partial charge in [-0.1, -0.05) is 17.7 Å². The minimum atomic E-state index is -0.964. The van der Waals surface area contributed by atoms with Gasteiger partial charge in [0.15, 0.2) is 5.13 Å². The number of ketones is 1. The third kappa shape index (κ3) is 4.62. The molecular weight excluding hydrogens is 318 g/mol. The average Bonchev–Trinajstić information content (AvgIpc) is 2.97. The van der Waals surface area contributed by atoms with E-state index in [-0.39, 0.29) is 17.4 Å². The highest BCUT2D eigenvalue weighted by molar-refractivity contribution is 7.14. The van der Waals surface area contributed by atoms with Crippen molar-refractivity contribution in [2.75, 3.05) is 17.2 Å².